The van der Waals surface area contributed by atoms with Gasteiger partial charge in [0.25, 0.3) is 5.91 Å². The number of carbonyl (C=O) groups excluding carboxylic acids is 2. The van der Waals surface area contributed by atoms with E-state index in [-0.39, 0.29) is 17.7 Å². The van der Waals surface area contributed by atoms with Gasteiger partial charge in [0.1, 0.15) is 5.82 Å². The maximum absolute atomic E-state index is 12.7. The summed E-state index contributed by atoms with van der Waals surface area (Å²) in [6.07, 6.45) is 6.52. The molecule has 9 heteroatoms. The number of nitrogens with two attached hydrogens (primary N) is 1. The van der Waals surface area contributed by atoms with E-state index in [4.69, 9.17) is 5.73 Å². The van der Waals surface area contributed by atoms with E-state index in [2.05, 4.69) is 20.4 Å². The molecular weight excluding hydrogens is 382 g/mol. The quantitative estimate of drug-likeness (QED) is 0.669. The molecule has 3 N–H and O–H groups in total. The van der Waals surface area contributed by atoms with Gasteiger partial charge >= 0.3 is 0 Å². The summed E-state index contributed by atoms with van der Waals surface area (Å²) >= 11 is 0. The van der Waals surface area contributed by atoms with Gasteiger partial charge in [-0.05, 0) is 44.0 Å². The minimum absolute atomic E-state index is 0.154. The first-order valence-electron chi connectivity index (χ1n) is 9.80. The zero-order valence-corrected chi connectivity index (χ0v) is 16.7. The van der Waals surface area contributed by atoms with Crippen LogP contribution >= 0.6 is 0 Å². The molecule has 1 saturated heterocycles. The Balaban J connectivity index is 1.44. The Labute approximate surface area is 173 Å². The number of nitrogens with zero attached hydrogens (tertiary/aromatic N) is 5. The van der Waals surface area contributed by atoms with Gasteiger partial charge in [-0.3, -0.25) is 9.59 Å². The van der Waals surface area contributed by atoms with Gasteiger partial charge < -0.3 is 16.0 Å². The first-order valence-corrected chi connectivity index (χ1v) is 9.80. The van der Waals surface area contributed by atoms with E-state index in [1.807, 2.05) is 36.1 Å². The molecule has 0 bridgehead atoms. The van der Waals surface area contributed by atoms with Gasteiger partial charge in [0.15, 0.2) is 5.82 Å². The van der Waals surface area contributed by atoms with E-state index in [1.54, 1.807) is 23.1 Å². The Morgan fingerprint density at radius 1 is 1.13 bits per heavy atom. The van der Waals surface area contributed by atoms with Crippen LogP contribution in [0.1, 0.15) is 28.9 Å². The molecule has 4 heterocycles. The van der Waals surface area contributed by atoms with Gasteiger partial charge in [-0.1, -0.05) is 6.07 Å². The average Bonchev–Trinajstić information content (AvgIpc) is 3.16. The van der Waals surface area contributed by atoms with Crippen molar-refractivity contribution in [1.29, 1.82) is 0 Å². The predicted molar refractivity (Wildman–Crippen MR) is 112 cm³/mol. The predicted octanol–water partition coefficient (Wildman–Crippen LogP) is 1.92. The van der Waals surface area contributed by atoms with Crippen LogP contribution in [0.25, 0.3) is 5.82 Å². The summed E-state index contributed by atoms with van der Waals surface area (Å²) < 4.78 is 1.63. The fourth-order valence-electron chi connectivity index (χ4n) is 3.61. The Morgan fingerprint density at radius 3 is 2.70 bits per heavy atom. The zero-order chi connectivity index (χ0) is 21.1. The molecule has 0 saturated carbocycles. The number of aromatic nitrogens is 4. The largest absolute Gasteiger partial charge is 0.369 e. The number of carbonyl (C=O) groups is 2. The highest BCUT2D eigenvalue weighted by molar-refractivity contribution is 6.04. The number of nitrogens with one attached hydrogen (secondary N) is 1. The Hall–Kier alpha value is -3.75. The molecule has 0 aliphatic carbocycles. The van der Waals surface area contributed by atoms with Crippen LogP contribution in [0, 0.1) is 12.8 Å². The number of pyridine rings is 2. The van der Waals surface area contributed by atoms with Crippen LogP contribution < -0.4 is 16.0 Å². The molecule has 0 aromatic carbocycles. The summed E-state index contributed by atoms with van der Waals surface area (Å²) in [5.41, 5.74) is 7.19. The van der Waals surface area contributed by atoms with Crippen LogP contribution in [0.4, 0.5) is 11.5 Å². The molecule has 1 unspecified atom stereocenters. The van der Waals surface area contributed by atoms with E-state index in [1.165, 1.54) is 6.20 Å². The molecule has 0 spiro atoms. The standard InChI is InChI=1S/C21H23N7O2/c1-14-17(12-25-28(14)19-6-2-3-9-23-19)21(30)26-16-7-8-18(24-11-16)27-10-4-5-15(13-27)20(22)29/h2-3,6-9,11-12,15H,4-5,10,13H2,1H3,(H2,22,29)(H,26,30). The Morgan fingerprint density at radius 2 is 2.00 bits per heavy atom. The molecule has 9 nitrogen and oxygen atoms in total. The molecule has 4 rings (SSSR count). The van der Waals surface area contributed by atoms with Crippen LogP contribution in [0.2, 0.25) is 0 Å². The maximum Gasteiger partial charge on any atom is 0.259 e. The first-order chi connectivity index (χ1) is 14.5. The van der Waals surface area contributed by atoms with Crippen molar-refractivity contribution < 1.29 is 9.59 Å². The summed E-state index contributed by atoms with van der Waals surface area (Å²) in [5.74, 6) is 0.716. The number of hydrogen-bond donors (Lipinski definition) is 2. The molecule has 3 aromatic heterocycles. The van der Waals surface area contributed by atoms with E-state index in [0.29, 0.717) is 29.3 Å². The van der Waals surface area contributed by atoms with Gasteiger partial charge in [-0.25, -0.2) is 14.6 Å². The number of hydrogen-bond acceptors (Lipinski definition) is 6. The molecule has 2 amide bonds. The highest BCUT2D eigenvalue weighted by Gasteiger charge is 2.24. The second-order valence-electron chi connectivity index (χ2n) is 7.29. The van der Waals surface area contributed by atoms with Gasteiger partial charge in [0.2, 0.25) is 5.91 Å². The first kappa shape index (κ1) is 19.6. The van der Waals surface area contributed by atoms with Crippen molar-refractivity contribution in [3.8, 4) is 5.82 Å². The minimum Gasteiger partial charge on any atom is -0.369 e. The molecule has 1 fully saturated rings. The van der Waals surface area contributed by atoms with Crippen LogP contribution in [-0.2, 0) is 4.79 Å². The van der Waals surface area contributed by atoms with Gasteiger partial charge in [-0.2, -0.15) is 5.10 Å². The molecule has 154 valence electrons. The SMILES string of the molecule is Cc1c(C(=O)Nc2ccc(N3CCCC(C(N)=O)C3)nc2)cnn1-c1ccccn1. The Kier molecular flexibility index (Phi) is 5.42. The van der Waals surface area contributed by atoms with Crippen molar-refractivity contribution >= 4 is 23.3 Å². The van der Waals surface area contributed by atoms with E-state index >= 15 is 0 Å². The molecule has 1 atom stereocenters. The normalized spacial score (nSPS) is 16.3. The lowest BCUT2D eigenvalue weighted by molar-refractivity contribution is -0.122. The van der Waals surface area contributed by atoms with E-state index < -0.39 is 0 Å². The fraction of sp³-hybridized carbons (Fsp3) is 0.286. The lowest BCUT2D eigenvalue weighted by atomic mass is 9.97. The number of primary amides is 1. The van der Waals surface area contributed by atoms with Crippen LogP contribution in [0.5, 0.6) is 0 Å². The number of amides is 2. The smallest absolute Gasteiger partial charge is 0.259 e. The molecule has 30 heavy (non-hydrogen) atoms. The maximum atomic E-state index is 12.7. The van der Waals surface area contributed by atoms with Crippen LogP contribution in [-0.4, -0.2) is 44.7 Å². The summed E-state index contributed by atoms with van der Waals surface area (Å²) in [7, 11) is 0. The van der Waals surface area contributed by atoms with Crippen molar-refractivity contribution in [1.82, 2.24) is 19.7 Å². The van der Waals surface area contributed by atoms with Crippen molar-refractivity contribution in [2.45, 2.75) is 19.8 Å². The number of rotatable bonds is 5. The van der Waals surface area contributed by atoms with Gasteiger partial charge in [0.05, 0.1) is 35.3 Å². The number of anilines is 2. The summed E-state index contributed by atoms with van der Waals surface area (Å²) in [4.78, 5) is 34.9. The lowest BCUT2D eigenvalue weighted by Gasteiger charge is -2.32. The van der Waals surface area contributed by atoms with E-state index in [0.717, 1.165) is 25.2 Å². The average molecular weight is 405 g/mol. The summed E-state index contributed by atoms with van der Waals surface area (Å²) in [6, 6.07) is 9.15. The third-order valence-electron chi connectivity index (χ3n) is 5.27. The van der Waals surface area contributed by atoms with Crippen LogP contribution in [0.3, 0.4) is 0 Å². The second-order valence-corrected chi connectivity index (χ2v) is 7.29. The molecule has 3 aromatic rings. The molecular formula is C21H23N7O2. The van der Waals surface area contributed by atoms with Gasteiger partial charge in [0, 0.05) is 19.3 Å². The van der Waals surface area contributed by atoms with E-state index in [9.17, 15) is 9.59 Å². The highest BCUT2D eigenvalue weighted by atomic mass is 16.2. The lowest BCUT2D eigenvalue weighted by Crippen LogP contribution is -2.41. The van der Waals surface area contributed by atoms with Crippen molar-refractivity contribution in [2.24, 2.45) is 11.7 Å². The number of piperidine rings is 1. The summed E-state index contributed by atoms with van der Waals surface area (Å²) in [5, 5.41) is 7.13. The zero-order valence-electron chi connectivity index (χ0n) is 16.7. The highest BCUT2D eigenvalue weighted by Crippen LogP contribution is 2.23. The van der Waals surface area contributed by atoms with Gasteiger partial charge in [-0.15, -0.1) is 0 Å². The molecule has 0 radical (unpaired) electrons. The monoisotopic (exact) mass is 405 g/mol. The second kappa shape index (κ2) is 8.32. The van der Waals surface area contributed by atoms with Crippen LogP contribution in [0.15, 0.2) is 48.9 Å². The Bertz CT molecular complexity index is 1050. The summed E-state index contributed by atoms with van der Waals surface area (Å²) in [6.45, 7) is 3.22. The fourth-order valence-corrected chi connectivity index (χ4v) is 3.61. The molecule has 1 aliphatic rings. The van der Waals surface area contributed by atoms with Crippen molar-refractivity contribution in [3.05, 3.63) is 60.2 Å². The van der Waals surface area contributed by atoms with Crippen molar-refractivity contribution in [3.63, 3.8) is 0 Å². The van der Waals surface area contributed by atoms with Crippen molar-refractivity contribution in [2.75, 3.05) is 23.3 Å². The minimum atomic E-state index is -0.273. The topological polar surface area (TPSA) is 119 Å². The third kappa shape index (κ3) is 4.00. The molecule has 1 aliphatic heterocycles. The third-order valence-corrected chi connectivity index (χ3v) is 5.27.